The molecule has 0 bridgehead atoms. The molecule has 0 radical (unpaired) electrons. The Balaban J connectivity index is 0.000000303. The molecule has 31 heavy (non-hydrogen) atoms. The number of carbonyl (C=O) groups is 2. The number of hydrogen-bond acceptors (Lipinski definition) is 2. The molecule has 0 spiro atoms. The van der Waals surface area contributed by atoms with E-state index >= 15 is 0 Å². The van der Waals surface area contributed by atoms with Crippen molar-refractivity contribution in [2.24, 2.45) is 0 Å². The Labute approximate surface area is 186 Å². The lowest BCUT2D eigenvalue weighted by Gasteiger charge is -2.05. The molecule has 0 aliphatic heterocycles. The van der Waals surface area contributed by atoms with Crippen LogP contribution in [0.2, 0.25) is 5.02 Å². The third-order valence-corrected chi connectivity index (χ3v) is 4.27. The van der Waals surface area contributed by atoms with E-state index in [1.165, 1.54) is 18.2 Å². The first-order valence-electron chi connectivity index (χ1n) is 8.41. The van der Waals surface area contributed by atoms with Gasteiger partial charge in [0, 0.05) is 24.3 Å². The Kier molecular flexibility index (Phi) is 9.02. The zero-order chi connectivity index (χ0) is 22.5. The van der Waals surface area contributed by atoms with Crippen molar-refractivity contribution in [1.82, 2.24) is 0 Å². The van der Waals surface area contributed by atoms with Gasteiger partial charge in [-0.15, -0.1) is 0 Å². The van der Waals surface area contributed by atoms with Crippen molar-refractivity contribution in [3.8, 4) is 5.69 Å². The number of hydrogen-bond donors (Lipinski definition) is 2. The average Bonchev–Trinajstić information content (AvgIpc) is 2.69. The molecule has 2 N–H and O–H groups in total. The van der Waals surface area contributed by atoms with E-state index in [4.69, 9.17) is 21.8 Å². The number of benzene rings is 2. The standard InChI is InChI=1S/C12H9F3N.C9H7ClO4.ClH/c13-12(14,15)10-5-4-6-11(9-10)16-7-2-1-3-8-16;1-4-2-5(8(11)12)7(10)6(3-4)9(13)14;/h1-9H;2-3H,1H3,(H,11,12)(H,13,14);1H/q+1;;/p-1. The SMILES string of the molecule is Cc1cc(C(=O)O)c(Cl)c(C(=O)O)c1.FC(F)(F)c1cccc(-[n+]2ccccc2)c1.[Cl-]. The van der Waals surface area contributed by atoms with E-state index in [1.807, 2.05) is 6.07 Å². The summed E-state index contributed by atoms with van der Waals surface area (Å²) in [4.78, 5) is 21.3. The molecule has 0 aliphatic rings. The monoisotopic (exact) mass is 473 g/mol. The van der Waals surface area contributed by atoms with E-state index in [2.05, 4.69) is 0 Å². The van der Waals surface area contributed by atoms with Gasteiger partial charge >= 0.3 is 18.1 Å². The Morgan fingerprint density at radius 1 is 0.903 bits per heavy atom. The quantitative estimate of drug-likeness (QED) is 0.570. The summed E-state index contributed by atoms with van der Waals surface area (Å²) < 4.78 is 39.1. The second kappa shape index (κ2) is 10.8. The molecule has 0 amide bonds. The minimum atomic E-state index is -4.30. The summed E-state index contributed by atoms with van der Waals surface area (Å²) in [7, 11) is 0. The highest BCUT2D eigenvalue weighted by molar-refractivity contribution is 6.36. The Morgan fingerprint density at radius 3 is 1.87 bits per heavy atom. The number of carboxylic acid groups (broad SMARTS) is 2. The molecular formula is C21H16Cl2F3NO4. The normalized spacial score (nSPS) is 10.4. The van der Waals surface area contributed by atoms with Gasteiger partial charge in [0.15, 0.2) is 12.4 Å². The van der Waals surface area contributed by atoms with Gasteiger partial charge in [-0.3, -0.25) is 0 Å². The van der Waals surface area contributed by atoms with Crippen molar-refractivity contribution in [2.75, 3.05) is 0 Å². The van der Waals surface area contributed by atoms with Crippen LogP contribution in [0.1, 0.15) is 31.8 Å². The molecule has 3 aromatic rings. The van der Waals surface area contributed by atoms with E-state index in [0.717, 1.165) is 12.1 Å². The number of halogens is 5. The lowest BCUT2D eigenvalue weighted by Crippen LogP contribution is -3.00. The van der Waals surface area contributed by atoms with Crippen LogP contribution in [0, 0.1) is 6.92 Å². The zero-order valence-corrected chi connectivity index (χ0v) is 17.4. The molecular weight excluding hydrogens is 458 g/mol. The summed E-state index contributed by atoms with van der Waals surface area (Å²) in [6.07, 6.45) is -0.893. The maximum Gasteiger partial charge on any atom is 0.416 e. The fourth-order valence-corrected chi connectivity index (χ4v) is 2.76. The van der Waals surface area contributed by atoms with Gasteiger partial charge in [-0.2, -0.15) is 17.7 Å². The second-order valence-electron chi connectivity index (χ2n) is 6.12. The summed E-state index contributed by atoms with van der Waals surface area (Å²) in [6.45, 7) is 1.61. The first-order chi connectivity index (χ1) is 14.0. The third-order valence-electron chi connectivity index (χ3n) is 3.86. The minimum Gasteiger partial charge on any atom is -1.00 e. The van der Waals surface area contributed by atoms with Gasteiger partial charge < -0.3 is 22.6 Å². The van der Waals surface area contributed by atoms with Crippen LogP contribution in [0.5, 0.6) is 0 Å². The molecule has 1 heterocycles. The molecule has 0 saturated heterocycles. The fourth-order valence-electron chi connectivity index (χ4n) is 2.49. The minimum absolute atomic E-state index is 0. The molecule has 0 atom stereocenters. The largest absolute Gasteiger partial charge is 1.00 e. The first kappa shape index (κ1) is 25.9. The first-order valence-corrected chi connectivity index (χ1v) is 8.79. The number of aryl methyl sites for hydroxylation is 1. The number of alkyl halides is 3. The number of pyridine rings is 1. The molecule has 3 rings (SSSR count). The smallest absolute Gasteiger partial charge is 0.416 e. The van der Waals surface area contributed by atoms with Gasteiger partial charge in [-0.05, 0) is 30.7 Å². The van der Waals surface area contributed by atoms with Gasteiger partial charge in [0.1, 0.15) is 0 Å². The highest BCUT2D eigenvalue weighted by Crippen LogP contribution is 2.29. The molecule has 0 saturated carbocycles. The van der Waals surface area contributed by atoms with Gasteiger partial charge in [0.05, 0.1) is 21.7 Å². The number of aromatic carboxylic acids is 2. The highest BCUT2D eigenvalue weighted by Gasteiger charge is 2.31. The predicted molar refractivity (Wildman–Crippen MR) is 103 cm³/mol. The number of carboxylic acids is 2. The third kappa shape index (κ3) is 6.97. The summed E-state index contributed by atoms with van der Waals surface area (Å²) >= 11 is 5.61. The van der Waals surface area contributed by atoms with Crippen LogP contribution in [-0.4, -0.2) is 22.2 Å². The Morgan fingerprint density at radius 2 is 1.42 bits per heavy atom. The van der Waals surface area contributed by atoms with Crippen LogP contribution < -0.4 is 17.0 Å². The van der Waals surface area contributed by atoms with Gasteiger partial charge in [0.2, 0.25) is 5.69 Å². The van der Waals surface area contributed by atoms with Crippen LogP contribution in [0.15, 0.2) is 67.0 Å². The van der Waals surface area contributed by atoms with Crippen molar-refractivity contribution < 1.29 is 49.9 Å². The van der Waals surface area contributed by atoms with E-state index in [0.29, 0.717) is 11.3 Å². The molecule has 10 heteroatoms. The number of nitrogens with zero attached hydrogens (tertiary/aromatic N) is 1. The van der Waals surface area contributed by atoms with Gasteiger partial charge in [0.25, 0.3) is 0 Å². The van der Waals surface area contributed by atoms with Crippen LogP contribution in [-0.2, 0) is 6.18 Å². The van der Waals surface area contributed by atoms with E-state index in [9.17, 15) is 22.8 Å². The zero-order valence-electron chi connectivity index (χ0n) is 15.9. The van der Waals surface area contributed by atoms with Crippen molar-refractivity contribution in [3.05, 3.63) is 94.3 Å². The van der Waals surface area contributed by atoms with Crippen molar-refractivity contribution >= 4 is 23.5 Å². The summed E-state index contributed by atoms with van der Waals surface area (Å²) in [5.74, 6) is -2.47. The highest BCUT2D eigenvalue weighted by atomic mass is 35.5. The fraction of sp³-hybridized carbons (Fsp3) is 0.0952. The Hall–Kier alpha value is -3.10. The maximum atomic E-state index is 12.5. The molecule has 164 valence electrons. The molecule has 5 nitrogen and oxygen atoms in total. The lowest BCUT2D eigenvalue weighted by atomic mass is 10.1. The van der Waals surface area contributed by atoms with E-state index in [-0.39, 0.29) is 28.6 Å². The topological polar surface area (TPSA) is 78.5 Å². The second-order valence-corrected chi connectivity index (χ2v) is 6.49. The van der Waals surface area contributed by atoms with Crippen molar-refractivity contribution in [3.63, 3.8) is 0 Å². The maximum absolute atomic E-state index is 12.5. The number of rotatable bonds is 3. The summed E-state index contributed by atoms with van der Waals surface area (Å²) in [6, 6.07) is 13.2. The lowest BCUT2D eigenvalue weighted by molar-refractivity contribution is -0.595. The van der Waals surface area contributed by atoms with Crippen LogP contribution in [0.3, 0.4) is 0 Å². The van der Waals surface area contributed by atoms with Crippen molar-refractivity contribution in [1.29, 1.82) is 0 Å². The summed E-state index contributed by atoms with van der Waals surface area (Å²) in [5.41, 5.74) is 0.0223. The van der Waals surface area contributed by atoms with Gasteiger partial charge in [-0.25, -0.2) is 9.59 Å². The predicted octanol–water partition coefficient (Wildman–Crippen LogP) is 2.03. The van der Waals surface area contributed by atoms with Crippen LogP contribution >= 0.6 is 11.6 Å². The number of aromatic nitrogens is 1. The van der Waals surface area contributed by atoms with Crippen LogP contribution in [0.4, 0.5) is 13.2 Å². The summed E-state index contributed by atoms with van der Waals surface area (Å²) in [5, 5.41) is 17.2. The van der Waals surface area contributed by atoms with E-state index in [1.54, 1.807) is 42.1 Å². The molecule has 1 aromatic heterocycles. The van der Waals surface area contributed by atoms with Gasteiger partial charge in [-0.1, -0.05) is 23.7 Å². The Bertz CT molecular complexity index is 1040. The van der Waals surface area contributed by atoms with Crippen LogP contribution in [0.25, 0.3) is 5.69 Å². The average molecular weight is 474 g/mol. The molecule has 0 fully saturated rings. The molecule has 2 aromatic carbocycles. The van der Waals surface area contributed by atoms with E-state index < -0.39 is 23.7 Å². The molecule has 0 unspecified atom stereocenters. The molecule has 0 aliphatic carbocycles. The van der Waals surface area contributed by atoms with Crippen molar-refractivity contribution in [2.45, 2.75) is 13.1 Å².